The summed E-state index contributed by atoms with van der Waals surface area (Å²) in [7, 11) is 0. The molecule has 0 heterocycles. The van der Waals surface area contributed by atoms with Gasteiger partial charge in [-0.15, -0.1) is 0 Å². The molecule has 15 heavy (non-hydrogen) atoms. The third-order valence-corrected chi connectivity index (χ3v) is 2.38. The lowest BCUT2D eigenvalue weighted by Gasteiger charge is -2.06. The Hall–Kier alpha value is -0.580. The van der Waals surface area contributed by atoms with Crippen molar-refractivity contribution in [3.8, 4) is 5.75 Å². The summed E-state index contributed by atoms with van der Waals surface area (Å²) >= 11 is 3.40. The first-order valence-electron chi connectivity index (χ1n) is 5.12. The predicted octanol–water partition coefficient (Wildman–Crippen LogP) is 1.77. The van der Waals surface area contributed by atoms with Gasteiger partial charge in [-0.05, 0) is 31.2 Å². The van der Waals surface area contributed by atoms with Gasteiger partial charge in [0.05, 0.1) is 6.61 Å². The Morgan fingerprint density at radius 2 is 2.20 bits per heavy atom. The molecule has 1 aromatic rings. The lowest BCUT2D eigenvalue weighted by molar-refractivity contribution is 0.308. The number of nitrogens with one attached hydrogen (secondary N) is 1. The lowest BCUT2D eigenvalue weighted by atomic mass is 10.3. The van der Waals surface area contributed by atoms with E-state index in [1.807, 2.05) is 24.3 Å². The van der Waals surface area contributed by atoms with Crippen molar-refractivity contribution < 1.29 is 4.74 Å². The molecule has 0 aromatic heterocycles. The van der Waals surface area contributed by atoms with Crippen molar-refractivity contribution >= 4 is 15.9 Å². The normalized spacial score (nSPS) is 10.3. The van der Waals surface area contributed by atoms with Crippen molar-refractivity contribution in [1.29, 1.82) is 0 Å². The predicted molar refractivity (Wildman–Crippen MR) is 66.2 cm³/mol. The maximum absolute atomic E-state index is 5.57. The van der Waals surface area contributed by atoms with Gasteiger partial charge < -0.3 is 15.8 Å². The third-order valence-electron chi connectivity index (χ3n) is 1.88. The molecule has 0 unspecified atom stereocenters. The van der Waals surface area contributed by atoms with Crippen LogP contribution in [0.1, 0.15) is 6.42 Å². The van der Waals surface area contributed by atoms with Gasteiger partial charge in [0.1, 0.15) is 5.75 Å². The van der Waals surface area contributed by atoms with Crippen molar-refractivity contribution in [3.63, 3.8) is 0 Å². The summed E-state index contributed by atoms with van der Waals surface area (Å²) in [5, 5.41) is 3.22. The second-order valence-corrected chi connectivity index (χ2v) is 4.11. The fourth-order valence-electron chi connectivity index (χ4n) is 1.17. The van der Waals surface area contributed by atoms with Gasteiger partial charge in [-0.3, -0.25) is 0 Å². The van der Waals surface area contributed by atoms with E-state index >= 15 is 0 Å². The zero-order chi connectivity index (χ0) is 10.9. The van der Waals surface area contributed by atoms with E-state index in [9.17, 15) is 0 Å². The van der Waals surface area contributed by atoms with Crippen LogP contribution in [0.15, 0.2) is 28.7 Å². The molecule has 3 N–H and O–H groups in total. The van der Waals surface area contributed by atoms with Crippen LogP contribution >= 0.6 is 15.9 Å². The highest BCUT2D eigenvalue weighted by Gasteiger charge is 1.94. The first kappa shape index (κ1) is 12.5. The fraction of sp³-hybridized carbons (Fsp3) is 0.455. The Labute approximate surface area is 99.1 Å². The smallest absolute Gasteiger partial charge is 0.120 e. The highest BCUT2D eigenvalue weighted by atomic mass is 79.9. The van der Waals surface area contributed by atoms with Crippen LogP contribution < -0.4 is 15.8 Å². The molecule has 3 nitrogen and oxygen atoms in total. The molecule has 0 aliphatic heterocycles. The molecule has 4 heteroatoms. The highest BCUT2D eigenvalue weighted by Crippen LogP contribution is 2.17. The molecule has 0 atom stereocenters. The number of halogens is 1. The SMILES string of the molecule is NCCNCCCOc1cccc(Br)c1. The molecule has 0 amide bonds. The van der Waals surface area contributed by atoms with E-state index in [1.54, 1.807) is 0 Å². The summed E-state index contributed by atoms with van der Waals surface area (Å²) in [5.74, 6) is 0.906. The van der Waals surface area contributed by atoms with Gasteiger partial charge in [0.15, 0.2) is 0 Å². The molecule has 0 aliphatic rings. The number of rotatable bonds is 7. The Kier molecular flexibility index (Phi) is 6.39. The molecule has 1 rings (SSSR count). The lowest BCUT2D eigenvalue weighted by Crippen LogP contribution is -2.24. The number of hydrogen-bond donors (Lipinski definition) is 2. The third kappa shape index (κ3) is 5.77. The average Bonchev–Trinajstić information content (AvgIpc) is 2.23. The van der Waals surface area contributed by atoms with Crippen LogP contribution in [-0.2, 0) is 0 Å². The summed E-state index contributed by atoms with van der Waals surface area (Å²) in [6.07, 6.45) is 0.993. The first-order valence-corrected chi connectivity index (χ1v) is 5.91. The standard InChI is InChI=1S/C11H17BrN2O/c12-10-3-1-4-11(9-10)15-8-2-6-14-7-5-13/h1,3-4,9,14H,2,5-8,13H2. The first-order chi connectivity index (χ1) is 7.33. The maximum atomic E-state index is 5.57. The molecule has 1 aromatic carbocycles. The molecule has 0 radical (unpaired) electrons. The molecular weight excluding hydrogens is 256 g/mol. The van der Waals surface area contributed by atoms with E-state index in [0.29, 0.717) is 6.54 Å². The van der Waals surface area contributed by atoms with Gasteiger partial charge in [-0.25, -0.2) is 0 Å². The molecule has 0 saturated heterocycles. The van der Waals surface area contributed by atoms with Gasteiger partial charge in [0, 0.05) is 17.6 Å². The van der Waals surface area contributed by atoms with Crippen LogP contribution in [0.4, 0.5) is 0 Å². The van der Waals surface area contributed by atoms with Gasteiger partial charge in [0.25, 0.3) is 0 Å². The molecule has 0 bridgehead atoms. The van der Waals surface area contributed by atoms with Crippen molar-refractivity contribution in [1.82, 2.24) is 5.32 Å². The second-order valence-electron chi connectivity index (χ2n) is 3.20. The van der Waals surface area contributed by atoms with Gasteiger partial charge in [0.2, 0.25) is 0 Å². The van der Waals surface area contributed by atoms with Crippen molar-refractivity contribution in [2.45, 2.75) is 6.42 Å². The van der Waals surface area contributed by atoms with Crippen molar-refractivity contribution in [2.24, 2.45) is 5.73 Å². The Bertz CT molecular complexity index is 281. The second kappa shape index (κ2) is 7.68. The van der Waals surface area contributed by atoms with Crippen LogP contribution in [0.25, 0.3) is 0 Å². The minimum absolute atomic E-state index is 0.687. The number of ether oxygens (including phenoxy) is 1. The summed E-state index contributed by atoms with van der Waals surface area (Å²) in [6, 6.07) is 7.87. The van der Waals surface area contributed by atoms with Crippen LogP contribution in [0, 0.1) is 0 Å². The number of benzene rings is 1. The minimum atomic E-state index is 0.687. The Morgan fingerprint density at radius 3 is 2.93 bits per heavy atom. The summed E-state index contributed by atoms with van der Waals surface area (Å²) in [4.78, 5) is 0. The van der Waals surface area contributed by atoms with Crippen LogP contribution in [0.5, 0.6) is 5.75 Å². The summed E-state index contributed by atoms with van der Waals surface area (Å²) in [6.45, 7) is 3.24. The van der Waals surface area contributed by atoms with Crippen LogP contribution in [-0.4, -0.2) is 26.2 Å². The zero-order valence-electron chi connectivity index (χ0n) is 8.71. The monoisotopic (exact) mass is 272 g/mol. The molecule has 0 saturated carbocycles. The minimum Gasteiger partial charge on any atom is -0.494 e. The van der Waals surface area contributed by atoms with Gasteiger partial charge in [-0.2, -0.15) is 0 Å². The van der Waals surface area contributed by atoms with Gasteiger partial charge in [-0.1, -0.05) is 22.0 Å². The largest absolute Gasteiger partial charge is 0.494 e. The molecular formula is C11H17BrN2O. The molecule has 0 fully saturated rings. The van der Waals surface area contributed by atoms with Crippen LogP contribution in [0.2, 0.25) is 0 Å². The van der Waals surface area contributed by atoms with Crippen molar-refractivity contribution in [3.05, 3.63) is 28.7 Å². The molecule has 84 valence electrons. The maximum Gasteiger partial charge on any atom is 0.120 e. The van der Waals surface area contributed by atoms with E-state index in [4.69, 9.17) is 10.5 Å². The highest BCUT2D eigenvalue weighted by molar-refractivity contribution is 9.10. The van der Waals surface area contributed by atoms with Gasteiger partial charge >= 0.3 is 0 Å². The molecule has 0 spiro atoms. The quantitative estimate of drug-likeness (QED) is 0.744. The number of hydrogen-bond acceptors (Lipinski definition) is 3. The summed E-state index contributed by atoms with van der Waals surface area (Å²) < 4.78 is 6.61. The average molecular weight is 273 g/mol. The van der Waals surface area contributed by atoms with E-state index in [2.05, 4.69) is 21.2 Å². The van der Waals surface area contributed by atoms with E-state index in [-0.39, 0.29) is 0 Å². The summed E-state index contributed by atoms with van der Waals surface area (Å²) in [5.41, 5.74) is 5.35. The topological polar surface area (TPSA) is 47.3 Å². The molecule has 0 aliphatic carbocycles. The van der Waals surface area contributed by atoms with E-state index in [0.717, 1.165) is 36.3 Å². The number of nitrogens with two attached hydrogens (primary N) is 1. The Balaban J connectivity index is 2.10. The van der Waals surface area contributed by atoms with E-state index < -0.39 is 0 Å². The van der Waals surface area contributed by atoms with Crippen molar-refractivity contribution in [2.75, 3.05) is 26.2 Å². The Morgan fingerprint density at radius 1 is 1.33 bits per heavy atom. The van der Waals surface area contributed by atoms with Crippen LogP contribution in [0.3, 0.4) is 0 Å². The fourth-order valence-corrected chi connectivity index (χ4v) is 1.55. The zero-order valence-corrected chi connectivity index (χ0v) is 10.3. The van der Waals surface area contributed by atoms with E-state index in [1.165, 1.54) is 0 Å².